The first-order valence-corrected chi connectivity index (χ1v) is 6.91. The Bertz CT molecular complexity index is 199. The third kappa shape index (κ3) is 4.89. The molecule has 1 rings (SSSR count). The van der Waals surface area contributed by atoms with Crippen LogP contribution in [0, 0.1) is 0 Å². The van der Waals surface area contributed by atoms with Crippen molar-refractivity contribution in [3.63, 3.8) is 0 Å². The van der Waals surface area contributed by atoms with Crippen LogP contribution in [0.2, 0.25) is 0 Å². The number of thioether (sulfide) groups is 1. The predicted octanol–water partition coefficient (Wildman–Crippen LogP) is 1.34. The molecule has 0 saturated carbocycles. The average Bonchev–Trinajstić information content (AvgIpc) is 2.26. The molecule has 0 unspecified atom stereocenters. The molecule has 1 saturated heterocycles. The van der Waals surface area contributed by atoms with Crippen molar-refractivity contribution >= 4 is 17.7 Å². The first-order chi connectivity index (χ1) is 7.26. The monoisotopic (exact) mass is 230 g/mol. The van der Waals surface area contributed by atoms with Gasteiger partial charge in [-0.25, -0.2) is 0 Å². The molecule has 15 heavy (non-hydrogen) atoms. The van der Waals surface area contributed by atoms with Gasteiger partial charge in [0, 0.05) is 30.6 Å². The molecule has 1 atom stereocenters. The first kappa shape index (κ1) is 12.8. The fourth-order valence-corrected chi connectivity index (χ4v) is 2.94. The van der Waals surface area contributed by atoms with E-state index < -0.39 is 0 Å². The number of amides is 1. The second kappa shape index (κ2) is 7.12. The Labute approximate surface area is 97.0 Å². The van der Waals surface area contributed by atoms with E-state index in [0.717, 1.165) is 31.3 Å². The van der Waals surface area contributed by atoms with Gasteiger partial charge in [-0.1, -0.05) is 13.8 Å². The van der Waals surface area contributed by atoms with Gasteiger partial charge < -0.3 is 5.32 Å². The second-order valence-corrected chi connectivity index (χ2v) is 5.39. The number of rotatable bonds is 5. The Morgan fingerprint density at radius 1 is 1.53 bits per heavy atom. The quantitative estimate of drug-likeness (QED) is 0.773. The van der Waals surface area contributed by atoms with E-state index in [-0.39, 0.29) is 5.91 Å². The summed E-state index contributed by atoms with van der Waals surface area (Å²) in [7, 11) is 0. The van der Waals surface area contributed by atoms with Crippen molar-refractivity contribution in [2.24, 2.45) is 0 Å². The van der Waals surface area contributed by atoms with Crippen LogP contribution in [0.15, 0.2) is 0 Å². The zero-order chi connectivity index (χ0) is 11.1. The fraction of sp³-hybridized carbons (Fsp3) is 0.909. The summed E-state index contributed by atoms with van der Waals surface area (Å²) in [6.45, 7) is 7.81. The zero-order valence-electron chi connectivity index (χ0n) is 9.79. The van der Waals surface area contributed by atoms with E-state index in [2.05, 4.69) is 24.1 Å². The van der Waals surface area contributed by atoms with Crippen molar-refractivity contribution in [3.8, 4) is 0 Å². The van der Waals surface area contributed by atoms with Gasteiger partial charge in [-0.05, 0) is 12.8 Å². The van der Waals surface area contributed by atoms with Crippen molar-refractivity contribution in [1.29, 1.82) is 0 Å². The summed E-state index contributed by atoms with van der Waals surface area (Å²) in [5.41, 5.74) is 0. The summed E-state index contributed by atoms with van der Waals surface area (Å²) >= 11 is 2.04. The molecule has 1 aliphatic rings. The molecule has 0 aromatic rings. The van der Waals surface area contributed by atoms with Crippen LogP contribution < -0.4 is 5.32 Å². The maximum absolute atomic E-state index is 11.5. The molecule has 1 fully saturated rings. The van der Waals surface area contributed by atoms with Crippen LogP contribution in [0.5, 0.6) is 0 Å². The van der Waals surface area contributed by atoms with Gasteiger partial charge in [-0.2, -0.15) is 11.8 Å². The molecule has 3 nitrogen and oxygen atoms in total. The molecular formula is C11H22N2OS. The van der Waals surface area contributed by atoms with Gasteiger partial charge >= 0.3 is 0 Å². The van der Waals surface area contributed by atoms with Crippen molar-refractivity contribution in [2.45, 2.75) is 31.9 Å². The number of carbonyl (C=O) groups excluding carboxylic acids is 1. The van der Waals surface area contributed by atoms with Crippen LogP contribution in [-0.2, 0) is 4.79 Å². The van der Waals surface area contributed by atoms with Crippen LogP contribution in [0.4, 0.5) is 0 Å². The Kier molecular flexibility index (Phi) is 6.10. The van der Waals surface area contributed by atoms with Gasteiger partial charge in [0.25, 0.3) is 0 Å². The normalized spacial score (nSPS) is 22.7. The van der Waals surface area contributed by atoms with Crippen molar-refractivity contribution in [1.82, 2.24) is 10.2 Å². The molecule has 0 spiro atoms. The van der Waals surface area contributed by atoms with Crippen LogP contribution in [0.25, 0.3) is 0 Å². The molecule has 0 aromatic carbocycles. The second-order valence-electron chi connectivity index (χ2n) is 3.99. The predicted molar refractivity (Wildman–Crippen MR) is 66.3 cm³/mol. The minimum Gasteiger partial charge on any atom is -0.355 e. The van der Waals surface area contributed by atoms with Crippen molar-refractivity contribution in [3.05, 3.63) is 0 Å². The minimum absolute atomic E-state index is 0.179. The molecule has 1 amide bonds. The summed E-state index contributed by atoms with van der Waals surface area (Å²) in [5, 5.41) is 3.65. The van der Waals surface area contributed by atoms with Gasteiger partial charge in [0.15, 0.2) is 0 Å². The maximum atomic E-state index is 11.5. The molecule has 0 aromatic heterocycles. The minimum atomic E-state index is 0.179. The van der Waals surface area contributed by atoms with Gasteiger partial charge in [-0.15, -0.1) is 0 Å². The Balaban J connectivity index is 2.22. The van der Waals surface area contributed by atoms with Crippen LogP contribution >= 0.6 is 11.8 Å². The Hall–Kier alpha value is -0.220. The number of nitrogens with one attached hydrogen (secondary N) is 1. The SMILES string of the molecule is CCCNC(=O)CN1CCS[C@@H](CC)C1. The van der Waals surface area contributed by atoms with Crippen molar-refractivity contribution in [2.75, 3.05) is 31.9 Å². The summed E-state index contributed by atoms with van der Waals surface area (Å²) in [4.78, 5) is 13.8. The van der Waals surface area contributed by atoms with E-state index in [1.807, 2.05) is 11.8 Å². The van der Waals surface area contributed by atoms with E-state index >= 15 is 0 Å². The van der Waals surface area contributed by atoms with Crippen molar-refractivity contribution < 1.29 is 4.79 Å². The van der Waals surface area contributed by atoms with Gasteiger partial charge in [0.05, 0.1) is 6.54 Å². The Morgan fingerprint density at radius 2 is 2.33 bits per heavy atom. The van der Waals surface area contributed by atoms with E-state index in [4.69, 9.17) is 0 Å². The van der Waals surface area contributed by atoms with E-state index in [0.29, 0.717) is 6.54 Å². The average molecular weight is 230 g/mol. The smallest absolute Gasteiger partial charge is 0.234 e. The fourth-order valence-electron chi connectivity index (χ4n) is 1.69. The number of hydrogen-bond acceptors (Lipinski definition) is 3. The number of hydrogen-bond donors (Lipinski definition) is 1. The highest BCUT2D eigenvalue weighted by Crippen LogP contribution is 2.20. The summed E-state index contributed by atoms with van der Waals surface area (Å²) in [6, 6.07) is 0. The molecule has 0 radical (unpaired) electrons. The molecule has 1 aliphatic heterocycles. The highest BCUT2D eigenvalue weighted by molar-refractivity contribution is 8.00. The molecular weight excluding hydrogens is 208 g/mol. The maximum Gasteiger partial charge on any atom is 0.234 e. The Morgan fingerprint density at radius 3 is 3.00 bits per heavy atom. The molecule has 1 heterocycles. The molecule has 0 bridgehead atoms. The van der Waals surface area contributed by atoms with Gasteiger partial charge in [-0.3, -0.25) is 9.69 Å². The highest BCUT2D eigenvalue weighted by Gasteiger charge is 2.20. The van der Waals surface area contributed by atoms with Gasteiger partial charge in [0.1, 0.15) is 0 Å². The van der Waals surface area contributed by atoms with Crippen LogP contribution in [-0.4, -0.2) is 48.0 Å². The summed E-state index contributed by atoms with van der Waals surface area (Å²) in [5.74, 6) is 1.35. The lowest BCUT2D eigenvalue weighted by Gasteiger charge is -2.31. The van der Waals surface area contributed by atoms with E-state index in [1.54, 1.807) is 0 Å². The van der Waals surface area contributed by atoms with Crippen LogP contribution in [0.1, 0.15) is 26.7 Å². The first-order valence-electron chi connectivity index (χ1n) is 5.87. The molecule has 1 N–H and O–H groups in total. The number of carbonyl (C=O) groups is 1. The third-order valence-corrected chi connectivity index (χ3v) is 3.99. The highest BCUT2D eigenvalue weighted by atomic mass is 32.2. The summed E-state index contributed by atoms with van der Waals surface area (Å²) in [6.07, 6.45) is 2.22. The lowest BCUT2D eigenvalue weighted by Crippen LogP contribution is -2.44. The molecule has 0 aliphatic carbocycles. The van der Waals surface area contributed by atoms with Gasteiger partial charge in [0.2, 0.25) is 5.91 Å². The molecule has 4 heteroatoms. The zero-order valence-corrected chi connectivity index (χ0v) is 10.6. The van der Waals surface area contributed by atoms with Crippen LogP contribution in [0.3, 0.4) is 0 Å². The third-order valence-electron chi connectivity index (χ3n) is 2.62. The van der Waals surface area contributed by atoms with E-state index in [1.165, 1.54) is 12.2 Å². The standard InChI is InChI=1S/C11H22N2OS/c1-3-5-12-11(14)9-13-6-7-15-10(4-2)8-13/h10H,3-9H2,1-2H3,(H,12,14)/t10-/m0/s1. The summed E-state index contributed by atoms with van der Waals surface area (Å²) < 4.78 is 0. The lowest BCUT2D eigenvalue weighted by molar-refractivity contribution is -0.122. The number of nitrogens with zero attached hydrogens (tertiary/aromatic N) is 1. The largest absolute Gasteiger partial charge is 0.355 e. The topological polar surface area (TPSA) is 32.3 Å². The van der Waals surface area contributed by atoms with E-state index in [9.17, 15) is 4.79 Å². The molecule has 88 valence electrons. The lowest BCUT2D eigenvalue weighted by atomic mass is 10.3.